The molecule has 0 aliphatic carbocycles. The molecule has 0 amide bonds. The van der Waals surface area contributed by atoms with Gasteiger partial charge in [0.25, 0.3) is 0 Å². The second-order valence-corrected chi connectivity index (χ2v) is 8.55. The number of hydrogen-bond acceptors (Lipinski definition) is 1. The molecule has 0 aromatic heterocycles. The highest BCUT2D eigenvalue weighted by molar-refractivity contribution is 5.97. The van der Waals surface area contributed by atoms with Gasteiger partial charge in [-0.05, 0) is 63.9 Å². The van der Waals surface area contributed by atoms with Crippen LogP contribution in [0.3, 0.4) is 0 Å². The molecule has 0 saturated carbocycles. The molecule has 0 unspecified atom stereocenters. The highest BCUT2D eigenvalue weighted by Gasteiger charge is 2.07. The largest absolute Gasteiger partial charge is 0.344 e. The van der Waals surface area contributed by atoms with Gasteiger partial charge in [-0.25, -0.2) is 4.99 Å². The molecule has 0 heterocycles. The summed E-state index contributed by atoms with van der Waals surface area (Å²) in [5.74, 6) is 7.58. The van der Waals surface area contributed by atoms with Crippen molar-refractivity contribution in [3.05, 3.63) is 95.6 Å². The quantitative estimate of drug-likeness (QED) is 0.277. The summed E-state index contributed by atoms with van der Waals surface area (Å²) in [5.41, 5.74) is 5.40. The number of hydrogen-bond donors (Lipinski definition) is 1. The molecule has 2 nitrogen and oxygen atoms in total. The third kappa shape index (κ3) is 6.94. The smallest absolute Gasteiger partial charge is 0.107 e. The molecule has 3 rings (SSSR count). The van der Waals surface area contributed by atoms with Crippen LogP contribution in [0.4, 0.5) is 11.4 Å². The minimum atomic E-state index is -0.0485. The maximum absolute atomic E-state index is 5.00. The second-order valence-electron chi connectivity index (χ2n) is 8.55. The fraction of sp³-hybridized carbons (Fsp3) is 0.250. The van der Waals surface area contributed by atoms with Crippen molar-refractivity contribution < 1.29 is 0 Å². The van der Waals surface area contributed by atoms with Crippen LogP contribution in [0.1, 0.15) is 43.9 Å². The Kier molecular flexibility index (Phi) is 7.09. The predicted octanol–water partition coefficient (Wildman–Crippen LogP) is 7.17. The molecule has 0 aliphatic rings. The maximum Gasteiger partial charge on any atom is 0.107 e. The molecule has 0 fully saturated rings. The number of anilines is 1. The van der Waals surface area contributed by atoms with Gasteiger partial charge >= 0.3 is 0 Å². The van der Waals surface area contributed by atoms with Gasteiger partial charge in [0, 0.05) is 17.5 Å². The molecule has 152 valence electrons. The minimum Gasteiger partial charge on any atom is -0.344 e. The minimum absolute atomic E-state index is 0.0485. The van der Waals surface area contributed by atoms with E-state index in [9.17, 15) is 0 Å². The van der Waals surface area contributed by atoms with E-state index < -0.39 is 0 Å². The number of benzene rings is 3. The van der Waals surface area contributed by atoms with Gasteiger partial charge < -0.3 is 5.32 Å². The zero-order chi connectivity index (χ0) is 21.4. The van der Waals surface area contributed by atoms with Gasteiger partial charge in [0.15, 0.2) is 0 Å². The molecule has 0 saturated heterocycles. The Morgan fingerprint density at radius 2 is 1.53 bits per heavy atom. The molecule has 1 N–H and O–H groups in total. The van der Waals surface area contributed by atoms with Crippen LogP contribution in [0, 0.1) is 24.2 Å². The Balaban J connectivity index is 1.91. The lowest BCUT2D eigenvalue weighted by Crippen LogP contribution is -2.13. The number of para-hydroxylation sites is 1. The first-order valence-corrected chi connectivity index (χ1v) is 10.5. The van der Waals surface area contributed by atoms with E-state index in [-0.39, 0.29) is 5.41 Å². The zero-order valence-electron chi connectivity index (χ0n) is 18.4. The van der Waals surface area contributed by atoms with Crippen molar-refractivity contribution in [1.82, 2.24) is 0 Å². The Hall–Kier alpha value is -3.31. The van der Waals surface area contributed by atoms with Gasteiger partial charge in [-0.3, -0.25) is 0 Å². The van der Waals surface area contributed by atoms with Crippen molar-refractivity contribution >= 4 is 17.2 Å². The molecular weight excluding hydrogens is 364 g/mol. The van der Waals surface area contributed by atoms with Gasteiger partial charge in [0.2, 0.25) is 0 Å². The van der Waals surface area contributed by atoms with Crippen LogP contribution in [0.2, 0.25) is 0 Å². The third-order valence-corrected chi connectivity index (χ3v) is 4.57. The topological polar surface area (TPSA) is 24.4 Å². The third-order valence-electron chi connectivity index (χ3n) is 4.57. The van der Waals surface area contributed by atoms with Crippen molar-refractivity contribution in [3.8, 4) is 11.8 Å². The van der Waals surface area contributed by atoms with E-state index in [1.807, 2.05) is 30.3 Å². The summed E-state index contributed by atoms with van der Waals surface area (Å²) in [4.78, 5) is 5.00. The molecule has 3 aromatic rings. The van der Waals surface area contributed by atoms with E-state index in [2.05, 4.69) is 93.4 Å². The van der Waals surface area contributed by atoms with Crippen LogP contribution < -0.4 is 5.32 Å². The standard InChI is InChI=1S/C28H30N2/c1-22-14-17-25(18-15-22)29-27(19-16-23-10-6-5-7-11-23)30-26-13-9-8-12-24(26)20-21-28(2,3)4/h5-15,17-18H,16,19H2,1-4H3,(H,29,30). The lowest BCUT2D eigenvalue weighted by molar-refractivity contribution is 0.571. The van der Waals surface area contributed by atoms with Gasteiger partial charge in [-0.15, -0.1) is 0 Å². The number of aryl methyl sites for hydroxylation is 2. The van der Waals surface area contributed by atoms with Crippen molar-refractivity contribution in [1.29, 1.82) is 0 Å². The second kappa shape index (κ2) is 9.94. The lowest BCUT2D eigenvalue weighted by atomic mass is 9.97. The highest BCUT2D eigenvalue weighted by atomic mass is 15.0. The zero-order valence-corrected chi connectivity index (χ0v) is 18.4. The van der Waals surface area contributed by atoms with Gasteiger partial charge in [0.05, 0.1) is 11.3 Å². The summed E-state index contributed by atoms with van der Waals surface area (Å²) in [6, 6.07) is 27.0. The molecule has 2 heteroatoms. The average Bonchev–Trinajstić information content (AvgIpc) is 2.73. The van der Waals surface area contributed by atoms with Crippen molar-refractivity contribution in [2.75, 3.05) is 5.32 Å². The fourth-order valence-corrected chi connectivity index (χ4v) is 2.93. The number of nitrogens with zero attached hydrogens (tertiary/aromatic N) is 1. The van der Waals surface area contributed by atoms with Crippen LogP contribution in [0.25, 0.3) is 0 Å². The summed E-state index contributed by atoms with van der Waals surface area (Å²) in [7, 11) is 0. The summed E-state index contributed by atoms with van der Waals surface area (Å²) in [5, 5.41) is 3.53. The summed E-state index contributed by atoms with van der Waals surface area (Å²) >= 11 is 0. The van der Waals surface area contributed by atoms with Crippen LogP contribution >= 0.6 is 0 Å². The van der Waals surface area contributed by atoms with Crippen molar-refractivity contribution in [2.24, 2.45) is 10.4 Å². The molecular formula is C28H30N2. The van der Waals surface area contributed by atoms with Crippen LogP contribution in [-0.2, 0) is 6.42 Å². The molecule has 3 aromatic carbocycles. The van der Waals surface area contributed by atoms with Gasteiger partial charge in [-0.1, -0.05) is 72.0 Å². The van der Waals surface area contributed by atoms with E-state index in [4.69, 9.17) is 4.99 Å². The first-order chi connectivity index (χ1) is 14.4. The van der Waals surface area contributed by atoms with E-state index in [0.717, 1.165) is 35.6 Å². The van der Waals surface area contributed by atoms with E-state index >= 15 is 0 Å². The summed E-state index contributed by atoms with van der Waals surface area (Å²) in [6.45, 7) is 8.46. The molecule has 0 atom stereocenters. The molecule has 0 bridgehead atoms. The number of rotatable bonds is 5. The van der Waals surface area contributed by atoms with E-state index in [1.165, 1.54) is 11.1 Å². The Bertz CT molecular complexity index is 1040. The van der Waals surface area contributed by atoms with Crippen molar-refractivity contribution in [2.45, 2.75) is 40.5 Å². The normalized spacial score (nSPS) is 11.5. The lowest BCUT2D eigenvalue weighted by Gasteiger charge is -2.12. The van der Waals surface area contributed by atoms with Gasteiger partial charge in [0.1, 0.15) is 5.84 Å². The Morgan fingerprint density at radius 3 is 2.23 bits per heavy atom. The molecule has 0 radical (unpaired) electrons. The molecule has 30 heavy (non-hydrogen) atoms. The molecule has 0 aliphatic heterocycles. The molecule has 0 spiro atoms. The first kappa shape index (κ1) is 21.4. The maximum atomic E-state index is 5.00. The fourth-order valence-electron chi connectivity index (χ4n) is 2.93. The number of aliphatic imine (C=N–C) groups is 1. The summed E-state index contributed by atoms with van der Waals surface area (Å²) in [6.07, 6.45) is 1.74. The van der Waals surface area contributed by atoms with Gasteiger partial charge in [-0.2, -0.15) is 0 Å². The van der Waals surface area contributed by atoms with Crippen molar-refractivity contribution in [3.63, 3.8) is 0 Å². The van der Waals surface area contributed by atoms with Crippen LogP contribution in [0.15, 0.2) is 83.9 Å². The SMILES string of the molecule is Cc1ccc(NC(CCc2ccccc2)=Nc2ccccc2C#CC(C)(C)C)cc1. The average molecular weight is 395 g/mol. The summed E-state index contributed by atoms with van der Waals surface area (Å²) < 4.78 is 0. The van der Waals surface area contributed by atoms with Crippen LogP contribution in [-0.4, -0.2) is 5.84 Å². The predicted molar refractivity (Wildman–Crippen MR) is 129 cm³/mol. The van der Waals surface area contributed by atoms with E-state index in [1.54, 1.807) is 0 Å². The number of amidine groups is 1. The monoisotopic (exact) mass is 394 g/mol. The Labute approximate surface area is 181 Å². The first-order valence-electron chi connectivity index (χ1n) is 10.5. The number of nitrogens with one attached hydrogen (secondary N) is 1. The highest BCUT2D eigenvalue weighted by Crippen LogP contribution is 2.21. The van der Waals surface area contributed by atoms with Crippen LogP contribution in [0.5, 0.6) is 0 Å². The van der Waals surface area contributed by atoms with E-state index in [0.29, 0.717) is 0 Å². The Morgan fingerprint density at radius 1 is 0.867 bits per heavy atom.